The zero-order valence-corrected chi connectivity index (χ0v) is 9.60. The summed E-state index contributed by atoms with van der Waals surface area (Å²) in [5.41, 5.74) is 7.94. The van der Waals surface area contributed by atoms with E-state index in [0.717, 1.165) is 11.4 Å². The fourth-order valence-corrected chi connectivity index (χ4v) is 1.93. The Morgan fingerprint density at radius 1 is 1.65 bits per heavy atom. The fourth-order valence-electron chi connectivity index (χ4n) is 1.93. The highest BCUT2D eigenvalue weighted by Crippen LogP contribution is 2.30. The van der Waals surface area contributed by atoms with Crippen molar-refractivity contribution in [2.75, 3.05) is 23.3 Å². The quantitative estimate of drug-likeness (QED) is 0.782. The van der Waals surface area contributed by atoms with Gasteiger partial charge in [-0.05, 0) is 25.1 Å². The molecule has 1 atom stereocenters. The minimum Gasteiger partial charge on any atom is -0.359 e. The Labute approximate surface area is 99.8 Å². The lowest BCUT2D eigenvalue weighted by molar-refractivity contribution is -0.115. The monoisotopic (exact) mass is 230 g/mol. The van der Waals surface area contributed by atoms with Crippen molar-refractivity contribution in [3.05, 3.63) is 23.8 Å². The molecule has 0 bridgehead atoms. The van der Waals surface area contributed by atoms with E-state index in [2.05, 4.69) is 11.4 Å². The number of anilines is 2. The highest BCUT2D eigenvalue weighted by molar-refractivity contribution is 6.01. The van der Waals surface area contributed by atoms with Gasteiger partial charge in [0.1, 0.15) is 0 Å². The van der Waals surface area contributed by atoms with Crippen LogP contribution in [0.2, 0.25) is 0 Å². The van der Waals surface area contributed by atoms with Crippen LogP contribution in [0.25, 0.3) is 0 Å². The second-order valence-corrected chi connectivity index (χ2v) is 4.25. The normalized spacial score (nSPS) is 15.8. The smallest absolute Gasteiger partial charge is 0.243 e. The van der Waals surface area contributed by atoms with Crippen molar-refractivity contribution in [3.8, 4) is 6.07 Å². The minimum atomic E-state index is -0.0529. The van der Waals surface area contributed by atoms with Gasteiger partial charge in [0.2, 0.25) is 5.91 Å². The van der Waals surface area contributed by atoms with E-state index in [1.165, 1.54) is 0 Å². The summed E-state index contributed by atoms with van der Waals surface area (Å²) in [5.74, 6) is -0.0529. The van der Waals surface area contributed by atoms with Gasteiger partial charge in [-0.3, -0.25) is 4.79 Å². The molecular weight excluding hydrogens is 216 g/mol. The number of nitrogens with one attached hydrogen (secondary N) is 1. The number of hydrogen-bond acceptors (Lipinski definition) is 4. The van der Waals surface area contributed by atoms with Crippen LogP contribution in [0.3, 0.4) is 0 Å². The number of nitrogens with zero attached hydrogens (tertiary/aromatic N) is 2. The first-order chi connectivity index (χ1) is 8.10. The molecule has 2 rings (SSSR count). The van der Waals surface area contributed by atoms with Crippen molar-refractivity contribution in [3.63, 3.8) is 0 Å². The van der Waals surface area contributed by atoms with Gasteiger partial charge < -0.3 is 16.0 Å². The van der Waals surface area contributed by atoms with Crippen molar-refractivity contribution >= 4 is 17.3 Å². The summed E-state index contributed by atoms with van der Waals surface area (Å²) in [4.78, 5) is 13.4. The minimum absolute atomic E-state index is 0.0282. The standard InChI is InChI=1S/C12H14N4O/c1-8(14)6-16-7-12(17)15-10-3-2-9(5-13)4-11(10)16/h2-4,8H,6-7,14H2,1H3,(H,15,17). The molecule has 0 aliphatic carbocycles. The molecular formula is C12H14N4O. The average molecular weight is 230 g/mol. The van der Waals surface area contributed by atoms with E-state index in [1.54, 1.807) is 18.2 Å². The van der Waals surface area contributed by atoms with E-state index in [-0.39, 0.29) is 18.5 Å². The molecule has 5 nitrogen and oxygen atoms in total. The Hall–Kier alpha value is -2.06. The van der Waals surface area contributed by atoms with Gasteiger partial charge in [-0.25, -0.2) is 0 Å². The van der Waals surface area contributed by atoms with E-state index >= 15 is 0 Å². The summed E-state index contributed by atoms with van der Waals surface area (Å²) in [7, 11) is 0. The molecule has 1 unspecified atom stereocenters. The summed E-state index contributed by atoms with van der Waals surface area (Å²) in [6.07, 6.45) is 0. The summed E-state index contributed by atoms with van der Waals surface area (Å²) in [5, 5.41) is 11.7. The van der Waals surface area contributed by atoms with Crippen molar-refractivity contribution in [1.29, 1.82) is 5.26 Å². The predicted molar refractivity (Wildman–Crippen MR) is 65.6 cm³/mol. The molecule has 3 N–H and O–H groups in total. The number of rotatable bonds is 2. The van der Waals surface area contributed by atoms with Crippen LogP contribution < -0.4 is 16.0 Å². The second kappa shape index (κ2) is 4.44. The van der Waals surface area contributed by atoms with Crippen LogP contribution in [0.1, 0.15) is 12.5 Å². The van der Waals surface area contributed by atoms with Crippen molar-refractivity contribution < 1.29 is 4.79 Å². The molecule has 0 aromatic heterocycles. The Morgan fingerprint density at radius 3 is 3.06 bits per heavy atom. The number of nitriles is 1. The molecule has 1 aliphatic rings. The molecule has 1 heterocycles. The van der Waals surface area contributed by atoms with Gasteiger partial charge in [0.15, 0.2) is 0 Å². The summed E-state index contributed by atoms with van der Waals surface area (Å²) < 4.78 is 0. The Kier molecular flexibility index (Phi) is 2.98. The predicted octanol–water partition coefficient (Wildman–Crippen LogP) is 0.664. The molecule has 0 radical (unpaired) electrons. The van der Waals surface area contributed by atoms with Crippen molar-refractivity contribution in [2.24, 2.45) is 5.73 Å². The van der Waals surface area contributed by atoms with Gasteiger partial charge in [0.25, 0.3) is 0 Å². The molecule has 0 spiro atoms. The first-order valence-corrected chi connectivity index (χ1v) is 5.44. The number of hydrogen-bond donors (Lipinski definition) is 2. The lowest BCUT2D eigenvalue weighted by Crippen LogP contribution is -2.43. The van der Waals surface area contributed by atoms with Crippen LogP contribution in [-0.2, 0) is 4.79 Å². The topological polar surface area (TPSA) is 82.2 Å². The maximum atomic E-state index is 11.5. The van der Waals surface area contributed by atoms with Gasteiger partial charge in [0, 0.05) is 12.6 Å². The number of benzene rings is 1. The first-order valence-electron chi connectivity index (χ1n) is 5.44. The third-order valence-electron chi connectivity index (χ3n) is 2.58. The summed E-state index contributed by atoms with van der Waals surface area (Å²) in [6, 6.07) is 7.28. The highest BCUT2D eigenvalue weighted by atomic mass is 16.2. The van der Waals surface area contributed by atoms with Gasteiger partial charge in [-0.15, -0.1) is 0 Å². The maximum Gasteiger partial charge on any atom is 0.243 e. The van der Waals surface area contributed by atoms with Gasteiger partial charge in [0.05, 0.1) is 29.6 Å². The Bertz CT molecular complexity index is 490. The number of carbonyl (C=O) groups is 1. The molecule has 0 saturated heterocycles. The van der Waals surface area contributed by atoms with E-state index in [4.69, 9.17) is 11.0 Å². The van der Waals surface area contributed by atoms with E-state index in [1.807, 2.05) is 11.8 Å². The van der Waals surface area contributed by atoms with E-state index < -0.39 is 0 Å². The molecule has 88 valence electrons. The molecule has 17 heavy (non-hydrogen) atoms. The molecule has 5 heteroatoms. The van der Waals surface area contributed by atoms with Gasteiger partial charge in [-0.1, -0.05) is 0 Å². The Morgan fingerprint density at radius 2 is 2.41 bits per heavy atom. The third kappa shape index (κ3) is 2.37. The van der Waals surface area contributed by atoms with E-state index in [0.29, 0.717) is 12.1 Å². The lowest BCUT2D eigenvalue weighted by atomic mass is 10.1. The maximum absolute atomic E-state index is 11.5. The van der Waals surface area contributed by atoms with Crippen molar-refractivity contribution in [2.45, 2.75) is 13.0 Å². The zero-order valence-electron chi connectivity index (χ0n) is 9.60. The zero-order chi connectivity index (χ0) is 12.4. The first kappa shape index (κ1) is 11.4. The van der Waals surface area contributed by atoms with Crippen LogP contribution in [-0.4, -0.2) is 25.0 Å². The molecule has 1 aliphatic heterocycles. The largest absolute Gasteiger partial charge is 0.359 e. The third-order valence-corrected chi connectivity index (χ3v) is 2.58. The summed E-state index contributed by atoms with van der Waals surface area (Å²) >= 11 is 0. The van der Waals surface area contributed by atoms with Crippen molar-refractivity contribution in [1.82, 2.24) is 0 Å². The average Bonchev–Trinajstić information content (AvgIpc) is 2.27. The fraction of sp³-hybridized carbons (Fsp3) is 0.333. The number of amides is 1. The Balaban J connectivity index is 2.39. The van der Waals surface area contributed by atoms with Gasteiger partial charge in [-0.2, -0.15) is 5.26 Å². The lowest BCUT2D eigenvalue weighted by Gasteiger charge is -2.32. The molecule has 1 amide bonds. The van der Waals surface area contributed by atoms with Crippen LogP contribution in [0.15, 0.2) is 18.2 Å². The molecule has 0 fully saturated rings. The van der Waals surface area contributed by atoms with Crippen LogP contribution in [0.4, 0.5) is 11.4 Å². The van der Waals surface area contributed by atoms with Crippen LogP contribution in [0, 0.1) is 11.3 Å². The molecule has 1 aromatic carbocycles. The van der Waals surface area contributed by atoms with E-state index in [9.17, 15) is 4.79 Å². The second-order valence-electron chi connectivity index (χ2n) is 4.25. The SMILES string of the molecule is CC(N)CN1CC(=O)Nc2ccc(C#N)cc21. The molecule has 1 aromatic rings. The van der Waals surface area contributed by atoms with Crippen LogP contribution >= 0.6 is 0 Å². The number of nitrogens with two attached hydrogens (primary N) is 1. The number of carbonyl (C=O) groups excluding carboxylic acids is 1. The summed E-state index contributed by atoms with van der Waals surface area (Å²) in [6.45, 7) is 2.76. The van der Waals surface area contributed by atoms with Gasteiger partial charge >= 0.3 is 0 Å². The number of fused-ring (bicyclic) bond motifs is 1. The van der Waals surface area contributed by atoms with Crippen LogP contribution in [0.5, 0.6) is 0 Å². The highest BCUT2D eigenvalue weighted by Gasteiger charge is 2.22. The molecule has 0 saturated carbocycles.